The van der Waals surface area contributed by atoms with E-state index in [4.69, 9.17) is 10.5 Å². The first-order valence-electron chi connectivity index (χ1n) is 5.88. The quantitative estimate of drug-likeness (QED) is 0.835. The Bertz CT molecular complexity index is 473. The second-order valence-electron chi connectivity index (χ2n) is 4.38. The zero-order chi connectivity index (χ0) is 13.1. The number of ether oxygens (including phenoxy) is 1. The van der Waals surface area contributed by atoms with Gasteiger partial charge in [0.1, 0.15) is 0 Å². The molecular weight excluding hydrogens is 232 g/mol. The van der Waals surface area contributed by atoms with Gasteiger partial charge in [-0.3, -0.25) is 9.59 Å². The van der Waals surface area contributed by atoms with Crippen LogP contribution in [0, 0.1) is 0 Å². The lowest BCUT2D eigenvalue weighted by molar-refractivity contribution is -0.0124. The number of rotatable bonds is 2. The van der Waals surface area contributed by atoms with Crippen molar-refractivity contribution in [3.05, 3.63) is 35.4 Å². The van der Waals surface area contributed by atoms with Crippen molar-refractivity contribution >= 4 is 11.8 Å². The number of hydrogen-bond donors (Lipinski definition) is 1. The summed E-state index contributed by atoms with van der Waals surface area (Å²) < 4.78 is 5.39. The van der Waals surface area contributed by atoms with Crippen LogP contribution in [0.5, 0.6) is 0 Å². The average molecular weight is 248 g/mol. The summed E-state index contributed by atoms with van der Waals surface area (Å²) in [5.74, 6) is -0.617. The number of hydrogen-bond acceptors (Lipinski definition) is 3. The monoisotopic (exact) mass is 248 g/mol. The van der Waals surface area contributed by atoms with Crippen LogP contribution in [-0.2, 0) is 4.74 Å². The maximum Gasteiger partial charge on any atom is 0.254 e. The highest BCUT2D eigenvalue weighted by atomic mass is 16.5. The van der Waals surface area contributed by atoms with Crippen molar-refractivity contribution in [2.75, 3.05) is 19.7 Å². The molecule has 1 aromatic carbocycles. The van der Waals surface area contributed by atoms with Crippen molar-refractivity contribution in [2.24, 2.45) is 5.73 Å². The van der Waals surface area contributed by atoms with Crippen LogP contribution in [0.2, 0.25) is 0 Å². The molecule has 1 unspecified atom stereocenters. The summed E-state index contributed by atoms with van der Waals surface area (Å²) in [6.07, 6.45) is 0.0435. The van der Waals surface area contributed by atoms with E-state index >= 15 is 0 Å². The minimum Gasteiger partial charge on any atom is -0.375 e. The molecule has 2 rings (SSSR count). The van der Waals surface area contributed by atoms with Crippen molar-refractivity contribution < 1.29 is 14.3 Å². The molecule has 1 aliphatic rings. The van der Waals surface area contributed by atoms with Gasteiger partial charge in [-0.1, -0.05) is 6.07 Å². The second-order valence-corrected chi connectivity index (χ2v) is 4.38. The van der Waals surface area contributed by atoms with Gasteiger partial charge in [-0.2, -0.15) is 0 Å². The first-order valence-corrected chi connectivity index (χ1v) is 5.88. The molecule has 0 radical (unpaired) electrons. The maximum absolute atomic E-state index is 12.2. The summed E-state index contributed by atoms with van der Waals surface area (Å²) in [7, 11) is 0. The molecule has 0 bridgehead atoms. The average Bonchev–Trinajstić information content (AvgIpc) is 2.38. The van der Waals surface area contributed by atoms with Crippen molar-refractivity contribution in [2.45, 2.75) is 13.0 Å². The van der Waals surface area contributed by atoms with Crippen LogP contribution in [0.15, 0.2) is 24.3 Å². The van der Waals surface area contributed by atoms with E-state index in [9.17, 15) is 9.59 Å². The van der Waals surface area contributed by atoms with Gasteiger partial charge in [0.15, 0.2) is 0 Å². The summed E-state index contributed by atoms with van der Waals surface area (Å²) >= 11 is 0. The fourth-order valence-electron chi connectivity index (χ4n) is 1.99. The molecule has 1 aromatic rings. The summed E-state index contributed by atoms with van der Waals surface area (Å²) in [4.78, 5) is 25.1. The van der Waals surface area contributed by atoms with E-state index in [2.05, 4.69) is 0 Å². The Labute approximate surface area is 106 Å². The molecular formula is C13H16N2O3. The van der Waals surface area contributed by atoms with E-state index in [1.54, 1.807) is 23.1 Å². The van der Waals surface area contributed by atoms with Crippen LogP contribution < -0.4 is 5.73 Å². The second kappa shape index (κ2) is 5.18. The topological polar surface area (TPSA) is 72.6 Å². The predicted molar refractivity (Wildman–Crippen MR) is 66.3 cm³/mol. The molecule has 1 fully saturated rings. The molecule has 0 aliphatic carbocycles. The largest absolute Gasteiger partial charge is 0.375 e. The molecule has 1 heterocycles. The van der Waals surface area contributed by atoms with Crippen LogP contribution in [0.3, 0.4) is 0 Å². The molecule has 0 aromatic heterocycles. The Kier molecular flexibility index (Phi) is 3.62. The Hall–Kier alpha value is -1.88. The summed E-state index contributed by atoms with van der Waals surface area (Å²) in [6.45, 7) is 3.62. The zero-order valence-corrected chi connectivity index (χ0v) is 10.3. The third-order valence-electron chi connectivity index (χ3n) is 2.92. The van der Waals surface area contributed by atoms with Gasteiger partial charge in [0, 0.05) is 24.2 Å². The van der Waals surface area contributed by atoms with Gasteiger partial charge in [-0.15, -0.1) is 0 Å². The van der Waals surface area contributed by atoms with Crippen molar-refractivity contribution in [1.82, 2.24) is 4.90 Å². The first-order chi connectivity index (χ1) is 8.58. The smallest absolute Gasteiger partial charge is 0.254 e. The van der Waals surface area contributed by atoms with Gasteiger partial charge in [-0.05, 0) is 25.1 Å². The van der Waals surface area contributed by atoms with Crippen LogP contribution in [-0.4, -0.2) is 42.5 Å². The molecule has 96 valence electrons. The number of carbonyl (C=O) groups is 2. The minimum atomic E-state index is -0.528. The Balaban J connectivity index is 2.17. The standard InChI is InChI=1S/C13H16N2O3/c1-9-8-15(5-6-18-9)13(17)11-4-2-3-10(7-11)12(14)16/h2-4,7,9H,5-6,8H2,1H3,(H2,14,16). The maximum atomic E-state index is 12.2. The number of primary amides is 1. The van der Waals surface area contributed by atoms with Gasteiger partial charge in [0.25, 0.3) is 5.91 Å². The Morgan fingerprint density at radius 3 is 2.78 bits per heavy atom. The third kappa shape index (κ3) is 2.68. The van der Waals surface area contributed by atoms with Crippen molar-refractivity contribution in [1.29, 1.82) is 0 Å². The van der Waals surface area contributed by atoms with E-state index in [0.29, 0.717) is 30.8 Å². The number of carbonyl (C=O) groups excluding carboxylic acids is 2. The lowest BCUT2D eigenvalue weighted by Gasteiger charge is -2.31. The fourth-order valence-corrected chi connectivity index (χ4v) is 1.99. The molecule has 0 spiro atoms. The summed E-state index contributed by atoms with van der Waals surface area (Å²) in [6, 6.07) is 6.48. The predicted octanol–water partition coefficient (Wildman–Crippen LogP) is 0.646. The van der Waals surface area contributed by atoms with Crippen LogP contribution in [0.1, 0.15) is 27.6 Å². The molecule has 2 amide bonds. The SMILES string of the molecule is CC1CN(C(=O)c2cccc(C(N)=O)c2)CCO1. The highest BCUT2D eigenvalue weighted by Crippen LogP contribution is 2.12. The van der Waals surface area contributed by atoms with Crippen LogP contribution in [0.25, 0.3) is 0 Å². The number of benzene rings is 1. The lowest BCUT2D eigenvalue weighted by Crippen LogP contribution is -2.44. The highest BCUT2D eigenvalue weighted by molar-refractivity contribution is 5.99. The zero-order valence-electron chi connectivity index (χ0n) is 10.3. The van der Waals surface area contributed by atoms with Crippen LogP contribution >= 0.6 is 0 Å². The molecule has 1 aliphatic heterocycles. The van der Waals surface area contributed by atoms with E-state index in [1.807, 2.05) is 6.92 Å². The van der Waals surface area contributed by atoms with E-state index in [0.717, 1.165) is 0 Å². The molecule has 5 heteroatoms. The van der Waals surface area contributed by atoms with Gasteiger partial charge in [0.2, 0.25) is 5.91 Å². The summed E-state index contributed by atoms with van der Waals surface area (Å²) in [5, 5.41) is 0. The first kappa shape index (κ1) is 12.6. The number of morpholine rings is 1. The minimum absolute atomic E-state index is 0.0435. The van der Waals surface area contributed by atoms with E-state index < -0.39 is 5.91 Å². The van der Waals surface area contributed by atoms with Gasteiger partial charge in [0.05, 0.1) is 12.7 Å². The lowest BCUT2D eigenvalue weighted by atomic mass is 10.1. The highest BCUT2D eigenvalue weighted by Gasteiger charge is 2.22. The third-order valence-corrected chi connectivity index (χ3v) is 2.92. The van der Waals surface area contributed by atoms with Crippen molar-refractivity contribution in [3.63, 3.8) is 0 Å². The van der Waals surface area contributed by atoms with Gasteiger partial charge < -0.3 is 15.4 Å². The number of nitrogens with two attached hydrogens (primary N) is 1. The summed E-state index contributed by atoms with van der Waals surface area (Å²) in [5.41, 5.74) is 6.04. The molecule has 2 N–H and O–H groups in total. The molecule has 18 heavy (non-hydrogen) atoms. The van der Waals surface area contributed by atoms with Crippen LogP contribution in [0.4, 0.5) is 0 Å². The van der Waals surface area contributed by atoms with Gasteiger partial charge >= 0.3 is 0 Å². The van der Waals surface area contributed by atoms with E-state index in [-0.39, 0.29) is 12.0 Å². The molecule has 1 atom stereocenters. The number of amides is 2. The molecule has 5 nitrogen and oxygen atoms in total. The van der Waals surface area contributed by atoms with Gasteiger partial charge in [-0.25, -0.2) is 0 Å². The molecule has 1 saturated heterocycles. The fraction of sp³-hybridized carbons (Fsp3) is 0.385. The number of nitrogens with zero attached hydrogens (tertiary/aromatic N) is 1. The van der Waals surface area contributed by atoms with E-state index in [1.165, 1.54) is 6.07 Å². The van der Waals surface area contributed by atoms with Crippen molar-refractivity contribution in [3.8, 4) is 0 Å². The normalized spacial score (nSPS) is 19.6. The Morgan fingerprint density at radius 2 is 2.11 bits per heavy atom. The molecule has 0 saturated carbocycles. The Morgan fingerprint density at radius 1 is 1.39 bits per heavy atom.